The van der Waals surface area contributed by atoms with Gasteiger partial charge in [0.15, 0.2) is 0 Å². The van der Waals surface area contributed by atoms with Crippen LogP contribution in [-0.4, -0.2) is 19.2 Å². The first-order valence-electron chi connectivity index (χ1n) is 8.62. The van der Waals surface area contributed by atoms with Crippen molar-refractivity contribution < 1.29 is 4.74 Å². The maximum absolute atomic E-state index is 6.32. The highest BCUT2D eigenvalue weighted by Gasteiger charge is 2.13. The second-order valence-corrected chi connectivity index (χ2v) is 15.0. The molecular weight excluding hydrogens is 401 g/mol. The van der Waals surface area contributed by atoms with E-state index >= 15 is 0 Å². The van der Waals surface area contributed by atoms with Crippen molar-refractivity contribution in [3.8, 4) is 0 Å². The van der Waals surface area contributed by atoms with Crippen LogP contribution in [-0.2, 0) is 11.5 Å². The Balaban J connectivity index is 1.77. The summed E-state index contributed by atoms with van der Waals surface area (Å²) >= 11 is 14.1. The van der Waals surface area contributed by atoms with Gasteiger partial charge in [-0.05, 0) is 42.4 Å². The molecule has 3 aromatic rings. The third kappa shape index (κ3) is 5.08. The number of ether oxygens (including phenoxy) is 1. The molecule has 138 valence electrons. The van der Waals surface area contributed by atoms with Crippen LogP contribution in [0.2, 0.25) is 35.7 Å². The van der Waals surface area contributed by atoms with Crippen LogP contribution < -0.4 is 0 Å². The number of rotatable bonds is 7. The van der Waals surface area contributed by atoms with Gasteiger partial charge in [-0.3, -0.25) is 0 Å². The summed E-state index contributed by atoms with van der Waals surface area (Å²) in [6.45, 7) is 8.51. The van der Waals surface area contributed by atoms with E-state index in [9.17, 15) is 0 Å². The fraction of sp³-hybridized carbons (Fsp3) is 0.300. The van der Waals surface area contributed by atoms with Gasteiger partial charge in [0.2, 0.25) is 0 Å². The minimum absolute atomic E-state index is 0.583. The van der Waals surface area contributed by atoms with E-state index in [2.05, 4.69) is 54.7 Å². The first kappa shape index (κ1) is 19.8. The predicted octanol–water partition coefficient (Wildman–Crippen LogP) is 7.41. The minimum atomic E-state index is -1.06. The lowest BCUT2D eigenvalue weighted by atomic mass is 10.2. The Morgan fingerprint density at radius 1 is 1.04 bits per heavy atom. The maximum atomic E-state index is 6.32. The Hall–Kier alpha value is -0.913. The molecule has 0 saturated carbocycles. The predicted molar refractivity (Wildman–Crippen MR) is 117 cm³/mol. The molecular formula is C20H23Cl2NOSSi. The van der Waals surface area contributed by atoms with Crippen LogP contribution in [0.25, 0.3) is 10.9 Å². The fourth-order valence-electron chi connectivity index (χ4n) is 2.61. The van der Waals surface area contributed by atoms with Crippen molar-refractivity contribution in [1.82, 2.24) is 4.57 Å². The van der Waals surface area contributed by atoms with Crippen molar-refractivity contribution in [3.63, 3.8) is 0 Å². The average molecular weight is 424 g/mol. The number of aromatic nitrogens is 1. The van der Waals surface area contributed by atoms with Gasteiger partial charge in [0.25, 0.3) is 0 Å². The van der Waals surface area contributed by atoms with Gasteiger partial charge in [-0.15, -0.1) is 0 Å². The molecule has 1 aromatic heterocycles. The second kappa shape index (κ2) is 8.40. The highest BCUT2D eigenvalue weighted by atomic mass is 35.5. The maximum Gasteiger partial charge on any atom is 0.122 e. The van der Waals surface area contributed by atoms with Crippen molar-refractivity contribution in [3.05, 3.63) is 58.7 Å². The number of hydrogen-bond acceptors (Lipinski definition) is 2. The van der Waals surface area contributed by atoms with Crippen LogP contribution in [0.4, 0.5) is 0 Å². The van der Waals surface area contributed by atoms with Crippen LogP contribution >= 0.6 is 35.0 Å². The van der Waals surface area contributed by atoms with E-state index in [0.29, 0.717) is 16.8 Å². The lowest BCUT2D eigenvalue weighted by Gasteiger charge is -2.15. The van der Waals surface area contributed by atoms with Gasteiger partial charge in [-0.1, -0.05) is 60.7 Å². The van der Waals surface area contributed by atoms with E-state index < -0.39 is 8.07 Å². The summed E-state index contributed by atoms with van der Waals surface area (Å²) in [7, 11) is -1.06. The molecule has 0 fully saturated rings. The summed E-state index contributed by atoms with van der Waals surface area (Å²) in [6.07, 6.45) is 2.09. The molecule has 0 aliphatic carbocycles. The van der Waals surface area contributed by atoms with E-state index in [-0.39, 0.29) is 0 Å². The summed E-state index contributed by atoms with van der Waals surface area (Å²) in [5.74, 6) is 0. The van der Waals surface area contributed by atoms with Crippen LogP contribution in [0.15, 0.2) is 58.5 Å². The van der Waals surface area contributed by atoms with Gasteiger partial charge in [-0.2, -0.15) is 0 Å². The lowest BCUT2D eigenvalue weighted by molar-refractivity contribution is 0.0902. The second-order valence-electron chi connectivity index (χ2n) is 7.50. The zero-order chi connectivity index (χ0) is 18.7. The molecule has 2 nitrogen and oxygen atoms in total. The fourth-order valence-corrected chi connectivity index (χ4v) is 4.86. The number of hydrogen-bond donors (Lipinski definition) is 0. The van der Waals surface area contributed by atoms with Gasteiger partial charge >= 0.3 is 0 Å². The van der Waals surface area contributed by atoms with Gasteiger partial charge < -0.3 is 9.30 Å². The molecule has 3 rings (SSSR count). The van der Waals surface area contributed by atoms with Crippen molar-refractivity contribution in [2.45, 2.75) is 42.2 Å². The highest BCUT2D eigenvalue weighted by molar-refractivity contribution is 7.99. The molecule has 6 heteroatoms. The van der Waals surface area contributed by atoms with Crippen molar-refractivity contribution in [2.24, 2.45) is 0 Å². The molecule has 0 N–H and O–H groups in total. The highest BCUT2D eigenvalue weighted by Crippen LogP contribution is 2.38. The van der Waals surface area contributed by atoms with E-state index in [1.54, 1.807) is 11.8 Å². The van der Waals surface area contributed by atoms with Crippen LogP contribution in [0.5, 0.6) is 0 Å². The standard InChI is InChI=1S/C20H23Cl2NOSSi/c1-26(2,3)12-11-24-14-23-10-9-16-18(23)5-4-6-19(16)25-20-13-15(21)7-8-17(20)22/h4-10,13H,11-12,14H2,1-3H3. The Bertz CT molecular complexity index is 904. The zero-order valence-electron chi connectivity index (χ0n) is 15.3. The Kier molecular flexibility index (Phi) is 6.41. The molecule has 0 amide bonds. The normalized spacial score (nSPS) is 12.0. The summed E-state index contributed by atoms with van der Waals surface area (Å²) in [6, 6.07) is 15.2. The molecule has 0 atom stereocenters. The van der Waals surface area contributed by atoms with Crippen molar-refractivity contribution >= 4 is 53.9 Å². The summed E-state index contributed by atoms with van der Waals surface area (Å²) in [4.78, 5) is 2.12. The molecule has 0 radical (unpaired) electrons. The van der Waals surface area contributed by atoms with Crippen LogP contribution in [0.1, 0.15) is 0 Å². The largest absolute Gasteiger partial charge is 0.361 e. The van der Waals surface area contributed by atoms with Crippen molar-refractivity contribution in [1.29, 1.82) is 0 Å². The molecule has 0 aliphatic rings. The van der Waals surface area contributed by atoms with Gasteiger partial charge in [-0.25, -0.2) is 0 Å². The molecule has 1 heterocycles. The smallest absolute Gasteiger partial charge is 0.122 e. The third-order valence-corrected chi connectivity index (χ3v) is 7.63. The Labute approximate surface area is 170 Å². The van der Waals surface area contributed by atoms with E-state index in [0.717, 1.165) is 16.4 Å². The quantitative estimate of drug-likeness (QED) is 0.290. The molecule has 26 heavy (non-hydrogen) atoms. The van der Waals surface area contributed by atoms with Gasteiger partial charge in [0.05, 0.1) is 10.5 Å². The van der Waals surface area contributed by atoms with Crippen LogP contribution in [0.3, 0.4) is 0 Å². The summed E-state index contributed by atoms with van der Waals surface area (Å²) < 4.78 is 8.06. The first-order valence-corrected chi connectivity index (χ1v) is 13.9. The van der Waals surface area contributed by atoms with Gasteiger partial charge in [0.1, 0.15) is 6.73 Å². The Morgan fingerprint density at radius 2 is 1.85 bits per heavy atom. The van der Waals surface area contributed by atoms with E-state index in [4.69, 9.17) is 27.9 Å². The van der Waals surface area contributed by atoms with E-state index in [1.165, 1.54) is 16.9 Å². The zero-order valence-corrected chi connectivity index (χ0v) is 18.6. The third-order valence-electron chi connectivity index (χ3n) is 4.11. The minimum Gasteiger partial charge on any atom is -0.361 e. The van der Waals surface area contributed by atoms with E-state index in [1.807, 2.05) is 18.2 Å². The molecule has 0 unspecified atom stereocenters. The molecule has 0 spiro atoms. The number of fused-ring (bicyclic) bond motifs is 1. The first-order chi connectivity index (χ1) is 12.3. The molecule has 2 aromatic carbocycles. The lowest BCUT2D eigenvalue weighted by Crippen LogP contribution is -2.21. The summed E-state index contributed by atoms with van der Waals surface area (Å²) in [5, 5.41) is 2.60. The van der Waals surface area contributed by atoms with Crippen molar-refractivity contribution in [2.75, 3.05) is 6.61 Å². The molecule has 0 saturated heterocycles. The number of halogens is 2. The summed E-state index contributed by atoms with van der Waals surface area (Å²) in [5.41, 5.74) is 1.17. The SMILES string of the molecule is C[Si](C)(C)CCOCn1ccc2c(Sc3cc(Cl)ccc3Cl)cccc21. The van der Waals surface area contributed by atoms with Gasteiger partial charge in [0, 0.05) is 41.1 Å². The van der Waals surface area contributed by atoms with Crippen LogP contribution in [0, 0.1) is 0 Å². The molecule has 0 bridgehead atoms. The number of benzene rings is 2. The number of nitrogens with zero attached hydrogens (tertiary/aromatic N) is 1. The topological polar surface area (TPSA) is 14.2 Å². The Morgan fingerprint density at radius 3 is 2.62 bits per heavy atom. The molecule has 0 aliphatic heterocycles. The monoisotopic (exact) mass is 423 g/mol. The average Bonchev–Trinajstić information content (AvgIpc) is 2.98.